The number of amides is 1. The van der Waals surface area contributed by atoms with Crippen LogP contribution in [-0.4, -0.2) is 48.6 Å². The Morgan fingerprint density at radius 1 is 1.58 bits per heavy atom. The molecule has 2 aliphatic heterocycles. The van der Waals surface area contributed by atoms with Crippen molar-refractivity contribution in [2.45, 2.75) is 31.9 Å². The molecule has 0 bridgehead atoms. The third-order valence-corrected chi connectivity index (χ3v) is 5.16. The largest absolute Gasteiger partial charge is 0.368 e. The molecule has 0 aliphatic carbocycles. The van der Waals surface area contributed by atoms with E-state index in [4.69, 9.17) is 4.74 Å². The molecule has 0 radical (unpaired) electrons. The number of nitrogens with one attached hydrogen (secondary N) is 1. The van der Waals surface area contributed by atoms with Gasteiger partial charge in [-0.05, 0) is 26.3 Å². The topological polar surface area (TPSA) is 54.5 Å². The highest BCUT2D eigenvalue weighted by Crippen LogP contribution is 2.33. The SMILES string of the molecule is CNC(=O)c1sc([C@H]2CN3CCC[C@@H]3CO2)nc1C. The molecule has 2 fully saturated rings. The van der Waals surface area contributed by atoms with Crippen molar-refractivity contribution in [2.24, 2.45) is 0 Å². The van der Waals surface area contributed by atoms with Crippen molar-refractivity contribution in [1.29, 1.82) is 0 Å². The highest BCUT2D eigenvalue weighted by Gasteiger charge is 2.34. The normalized spacial score (nSPS) is 27.3. The monoisotopic (exact) mass is 281 g/mol. The van der Waals surface area contributed by atoms with Crippen LogP contribution in [-0.2, 0) is 4.74 Å². The second-order valence-corrected chi connectivity index (χ2v) is 6.19. The minimum atomic E-state index is -0.0592. The van der Waals surface area contributed by atoms with E-state index in [1.54, 1.807) is 7.05 Å². The van der Waals surface area contributed by atoms with Gasteiger partial charge in [-0.3, -0.25) is 9.69 Å². The third-order valence-electron chi connectivity index (χ3n) is 3.91. The van der Waals surface area contributed by atoms with Crippen LogP contribution in [0.1, 0.15) is 39.3 Å². The third kappa shape index (κ3) is 2.40. The number of aryl methyl sites for hydroxylation is 1. The maximum absolute atomic E-state index is 11.7. The molecular formula is C13H19N3O2S. The van der Waals surface area contributed by atoms with Gasteiger partial charge < -0.3 is 10.1 Å². The number of thiazole rings is 1. The molecule has 3 heterocycles. The Kier molecular flexibility index (Phi) is 3.56. The average Bonchev–Trinajstić information content (AvgIpc) is 3.03. The van der Waals surface area contributed by atoms with Crippen LogP contribution >= 0.6 is 11.3 Å². The Labute approximate surface area is 117 Å². The number of carbonyl (C=O) groups is 1. The molecule has 1 amide bonds. The quantitative estimate of drug-likeness (QED) is 0.889. The van der Waals surface area contributed by atoms with Gasteiger partial charge in [0, 0.05) is 19.6 Å². The summed E-state index contributed by atoms with van der Waals surface area (Å²) in [5.41, 5.74) is 0.798. The standard InChI is InChI=1S/C13H19N3O2S/c1-8-11(12(17)14-2)19-13(15-8)10-6-16-5-3-4-9(16)7-18-10/h9-10H,3-7H2,1-2H3,(H,14,17)/t9-,10-/m1/s1. The number of hydrogen-bond donors (Lipinski definition) is 1. The summed E-state index contributed by atoms with van der Waals surface area (Å²) in [5, 5.41) is 3.59. The number of fused-ring (bicyclic) bond motifs is 1. The highest BCUT2D eigenvalue weighted by atomic mass is 32.1. The maximum Gasteiger partial charge on any atom is 0.263 e. The van der Waals surface area contributed by atoms with E-state index in [2.05, 4.69) is 15.2 Å². The van der Waals surface area contributed by atoms with Crippen molar-refractivity contribution in [3.05, 3.63) is 15.6 Å². The lowest BCUT2D eigenvalue weighted by molar-refractivity contribution is -0.0502. The molecule has 3 rings (SSSR count). The van der Waals surface area contributed by atoms with Crippen molar-refractivity contribution < 1.29 is 9.53 Å². The number of ether oxygens (including phenoxy) is 1. The van der Waals surface area contributed by atoms with Gasteiger partial charge in [-0.2, -0.15) is 0 Å². The second-order valence-electron chi connectivity index (χ2n) is 5.16. The summed E-state index contributed by atoms with van der Waals surface area (Å²) < 4.78 is 5.93. The Bertz CT molecular complexity index is 488. The molecule has 0 spiro atoms. The van der Waals surface area contributed by atoms with Crippen LogP contribution in [0.4, 0.5) is 0 Å². The molecule has 1 N–H and O–H groups in total. The predicted octanol–water partition coefficient (Wildman–Crippen LogP) is 1.35. The van der Waals surface area contributed by atoms with E-state index < -0.39 is 0 Å². The summed E-state index contributed by atoms with van der Waals surface area (Å²) in [5.74, 6) is -0.0592. The van der Waals surface area contributed by atoms with Gasteiger partial charge in [0.25, 0.3) is 5.91 Å². The molecule has 1 aromatic rings. The van der Waals surface area contributed by atoms with Crippen LogP contribution in [0.25, 0.3) is 0 Å². The fourth-order valence-corrected chi connectivity index (χ4v) is 3.90. The van der Waals surface area contributed by atoms with Gasteiger partial charge in [0.05, 0.1) is 12.3 Å². The summed E-state index contributed by atoms with van der Waals surface area (Å²) in [6.45, 7) is 4.74. The van der Waals surface area contributed by atoms with Crippen LogP contribution < -0.4 is 5.32 Å². The molecule has 2 aliphatic rings. The van der Waals surface area contributed by atoms with Crippen LogP contribution in [0.5, 0.6) is 0 Å². The first-order chi connectivity index (χ1) is 9.19. The number of hydrogen-bond acceptors (Lipinski definition) is 5. The average molecular weight is 281 g/mol. The first kappa shape index (κ1) is 13.0. The predicted molar refractivity (Wildman–Crippen MR) is 73.5 cm³/mol. The van der Waals surface area contributed by atoms with Gasteiger partial charge in [-0.15, -0.1) is 11.3 Å². The second kappa shape index (κ2) is 5.19. The fraction of sp³-hybridized carbons (Fsp3) is 0.692. The summed E-state index contributed by atoms with van der Waals surface area (Å²) in [4.78, 5) is 19.4. The van der Waals surface area contributed by atoms with E-state index in [1.165, 1.54) is 24.2 Å². The molecule has 1 aromatic heterocycles. The number of carbonyl (C=O) groups excluding carboxylic acids is 1. The van der Waals surface area contributed by atoms with E-state index in [0.717, 1.165) is 30.4 Å². The highest BCUT2D eigenvalue weighted by molar-refractivity contribution is 7.13. The first-order valence-corrected chi connectivity index (χ1v) is 7.55. The number of aromatic nitrogens is 1. The molecule has 2 atom stereocenters. The Morgan fingerprint density at radius 3 is 3.21 bits per heavy atom. The minimum absolute atomic E-state index is 0.0245. The van der Waals surface area contributed by atoms with Crippen molar-refractivity contribution in [3.63, 3.8) is 0 Å². The van der Waals surface area contributed by atoms with Gasteiger partial charge in [0.2, 0.25) is 0 Å². The lowest BCUT2D eigenvalue weighted by Crippen LogP contribution is -2.42. The molecule has 6 heteroatoms. The van der Waals surface area contributed by atoms with Crippen molar-refractivity contribution in [1.82, 2.24) is 15.2 Å². The van der Waals surface area contributed by atoms with Crippen molar-refractivity contribution in [2.75, 3.05) is 26.7 Å². The molecule has 5 nitrogen and oxygen atoms in total. The van der Waals surface area contributed by atoms with Gasteiger partial charge in [0.15, 0.2) is 0 Å². The van der Waals surface area contributed by atoms with Crippen molar-refractivity contribution in [3.8, 4) is 0 Å². The van der Waals surface area contributed by atoms with E-state index in [1.807, 2.05) is 6.92 Å². The summed E-state index contributed by atoms with van der Waals surface area (Å²) in [6, 6.07) is 0.593. The molecule has 104 valence electrons. The Morgan fingerprint density at radius 2 is 2.42 bits per heavy atom. The van der Waals surface area contributed by atoms with Crippen LogP contribution in [0.2, 0.25) is 0 Å². The smallest absolute Gasteiger partial charge is 0.263 e. The van der Waals surface area contributed by atoms with Gasteiger partial charge in [-0.1, -0.05) is 0 Å². The molecular weight excluding hydrogens is 262 g/mol. The number of nitrogens with zero attached hydrogens (tertiary/aromatic N) is 2. The lowest BCUT2D eigenvalue weighted by Gasteiger charge is -2.34. The van der Waals surface area contributed by atoms with Crippen molar-refractivity contribution >= 4 is 17.2 Å². The fourth-order valence-electron chi connectivity index (χ4n) is 2.85. The lowest BCUT2D eigenvalue weighted by atomic mass is 10.2. The van der Waals surface area contributed by atoms with Gasteiger partial charge in [0.1, 0.15) is 16.0 Å². The van der Waals surface area contributed by atoms with Gasteiger partial charge in [-0.25, -0.2) is 4.98 Å². The summed E-state index contributed by atoms with van der Waals surface area (Å²) in [7, 11) is 1.65. The Balaban J connectivity index is 1.77. The zero-order valence-corrected chi connectivity index (χ0v) is 12.1. The number of morpholine rings is 1. The zero-order valence-electron chi connectivity index (χ0n) is 11.3. The van der Waals surface area contributed by atoms with E-state index in [-0.39, 0.29) is 12.0 Å². The zero-order chi connectivity index (χ0) is 13.4. The van der Waals surface area contributed by atoms with Crippen LogP contribution in [0, 0.1) is 6.92 Å². The van der Waals surface area contributed by atoms with E-state index in [9.17, 15) is 4.79 Å². The van der Waals surface area contributed by atoms with Crippen LogP contribution in [0.3, 0.4) is 0 Å². The van der Waals surface area contributed by atoms with E-state index in [0.29, 0.717) is 10.9 Å². The molecule has 0 saturated carbocycles. The molecule has 0 unspecified atom stereocenters. The number of rotatable bonds is 2. The maximum atomic E-state index is 11.7. The molecule has 0 aromatic carbocycles. The first-order valence-electron chi connectivity index (χ1n) is 6.74. The minimum Gasteiger partial charge on any atom is -0.368 e. The molecule has 2 saturated heterocycles. The molecule has 19 heavy (non-hydrogen) atoms. The van der Waals surface area contributed by atoms with E-state index >= 15 is 0 Å². The van der Waals surface area contributed by atoms with Crippen LogP contribution in [0.15, 0.2) is 0 Å². The van der Waals surface area contributed by atoms with Gasteiger partial charge >= 0.3 is 0 Å². The summed E-state index contributed by atoms with van der Waals surface area (Å²) >= 11 is 1.46. The summed E-state index contributed by atoms with van der Waals surface area (Å²) in [6.07, 6.45) is 2.53. The Hall–Kier alpha value is -0.980.